The molecule has 1 aliphatic carbocycles. The molecule has 2 aromatic rings. The number of nitrogens with one attached hydrogen (secondary N) is 1. The molecule has 8 nitrogen and oxygen atoms in total. The van der Waals surface area contributed by atoms with E-state index >= 15 is 0 Å². The minimum atomic E-state index is -0.466. The van der Waals surface area contributed by atoms with Gasteiger partial charge in [0.2, 0.25) is 5.91 Å². The van der Waals surface area contributed by atoms with Crippen LogP contribution in [0.25, 0.3) is 0 Å². The zero-order chi connectivity index (χ0) is 21.5. The van der Waals surface area contributed by atoms with E-state index in [9.17, 15) is 19.7 Å². The number of hydrogen-bond donors (Lipinski definition) is 1. The summed E-state index contributed by atoms with van der Waals surface area (Å²) in [5, 5.41) is 14.7. The topological polar surface area (TPSA) is 95.8 Å². The van der Waals surface area contributed by atoms with E-state index in [-0.39, 0.29) is 35.7 Å². The zero-order valence-electron chi connectivity index (χ0n) is 17.1. The summed E-state index contributed by atoms with van der Waals surface area (Å²) in [6, 6.07) is 12.4. The molecule has 5 rings (SSSR count). The molecule has 0 radical (unpaired) electrons. The molecule has 160 valence electrons. The second kappa shape index (κ2) is 7.68. The molecule has 3 aliphatic rings. The summed E-state index contributed by atoms with van der Waals surface area (Å²) >= 11 is 0. The summed E-state index contributed by atoms with van der Waals surface area (Å²) in [6.45, 7) is 1.73. The van der Waals surface area contributed by atoms with Crippen molar-refractivity contribution in [2.75, 3.05) is 31.5 Å². The van der Waals surface area contributed by atoms with Gasteiger partial charge in [-0.25, -0.2) is 0 Å². The summed E-state index contributed by atoms with van der Waals surface area (Å²) in [5.41, 5.74) is 2.82. The standard InChI is InChI=1S/C23H24N4O4/c28-22-14-25(13-21-18-4-2-1-3-16(18)9-10-26(21)22)23(29)17-7-8-19(20(11-17)27(30)31)24-12-15-5-6-15/h1-4,7-8,11,15,21,24H,5-6,9-10,12-14H2. The Morgan fingerprint density at radius 2 is 2.00 bits per heavy atom. The van der Waals surface area contributed by atoms with E-state index in [1.807, 2.05) is 23.1 Å². The molecule has 1 atom stereocenters. The van der Waals surface area contributed by atoms with Gasteiger partial charge < -0.3 is 15.1 Å². The molecule has 2 fully saturated rings. The van der Waals surface area contributed by atoms with Crippen LogP contribution in [0.4, 0.5) is 11.4 Å². The Morgan fingerprint density at radius 3 is 2.77 bits per heavy atom. The Bertz CT molecular complexity index is 1070. The van der Waals surface area contributed by atoms with Gasteiger partial charge in [-0.1, -0.05) is 24.3 Å². The number of nitro groups is 1. The lowest BCUT2D eigenvalue weighted by molar-refractivity contribution is -0.384. The highest BCUT2D eigenvalue weighted by molar-refractivity contribution is 5.98. The Balaban J connectivity index is 1.39. The quantitative estimate of drug-likeness (QED) is 0.593. The van der Waals surface area contributed by atoms with Crippen molar-refractivity contribution in [3.05, 3.63) is 69.3 Å². The lowest BCUT2D eigenvalue weighted by atomic mass is 9.90. The highest BCUT2D eigenvalue weighted by Gasteiger charge is 2.38. The van der Waals surface area contributed by atoms with Crippen molar-refractivity contribution in [2.24, 2.45) is 5.92 Å². The lowest BCUT2D eigenvalue weighted by Crippen LogP contribution is -2.55. The molecule has 1 saturated heterocycles. The number of hydrogen-bond acceptors (Lipinski definition) is 5. The first-order chi connectivity index (χ1) is 15.0. The Kier molecular flexibility index (Phi) is 4.84. The van der Waals surface area contributed by atoms with Crippen LogP contribution in [0.5, 0.6) is 0 Å². The molecule has 0 spiro atoms. The molecule has 1 saturated carbocycles. The van der Waals surface area contributed by atoms with E-state index in [4.69, 9.17) is 0 Å². The van der Waals surface area contributed by atoms with Gasteiger partial charge in [0, 0.05) is 31.3 Å². The van der Waals surface area contributed by atoms with Gasteiger partial charge in [-0.2, -0.15) is 0 Å². The number of piperazine rings is 1. The van der Waals surface area contributed by atoms with Crippen LogP contribution >= 0.6 is 0 Å². The molecule has 2 heterocycles. The van der Waals surface area contributed by atoms with Crippen LogP contribution in [0.2, 0.25) is 0 Å². The van der Waals surface area contributed by atoms with Crippen LogP contribution in [0.3, 0.4) is 0 Å². The fourth-order valence-electron chi connectivity index (χ4n) is 4.55. The smallest absolute Gasteiger partial charge is 0.293 e. The Labute approximate surface area is 180 Å². The maximum Gasteiger partial charge on any atom is 0.293 e. The molecular weight excluding hydrogens is 396 g/mol. The summed E-state index contributed by atoms with van der Waals surface area (Å²) in [4.78, 5) is 40.5. The monoisotopic (exact) mass is 420 g/mol. The lowest BCUT2D eigenvalue weighted by Gasteiger charge is -2.44. The largest absolute Gasteiger partial charge is 0.379 e. The number of nitrogens with zero attached hydrogens (tertiary/aromatic N) is 3. The molecule has 0 aromatic heterocycles. The van der Waals surface area contributed by atoms with E-state index in [0.717, 1.165) is 24.8 Å². The molecule has 31 heavy (non-hydrogen) atoms. The van der Waals surface area contributed by atoms with Crippen LogP contribution in [0.1, 0.15) is 40.4 Å². The number of anilines is 1. The van der Waals surface area contributed by atoms with Crippen LogP contribution in [-0.2, 0) is 11.2 Å². The highest BCUT2D eigenvalue weighted by atomic mass is 16.6. The third-order valence-corrected chi connectivity index (χ3v) is 6.46. The molecule has 1 N–H and O–H groups in total. The zero-order valence-corrected chi connectivity index (χ0v) is 17.1. The van der Waals surface area contributed by atoms with Gasteiger partial charge in [0.15, 0.2) is 0 Å². The van der Waals surface area contributed by atoms with Crippen molar-refractivity contribution < 1.29 is 14.5 Å². The SMILES string of the molecule is O=C(c1ccc(NCC2CC2)c([N+](=O)[O-])c1)N1CC(=O)N2CCc3ccccc3C2C1. The minimum absolute atomic E-state index is 0.00696. The van der Waals surface area contributed by atoms with Gasteiger partial charge in [0.25, 0.3) is 11.6 Å². The van der Waals surface area contributed by atoms with Crippen molar-refractivity contribution in [1.82, 2.24) is 9.80 Å². The predicted octanol–water partition coefficient (Wildman–Crippen LogP) is 3.00. The molecule has 8 heteroatoms. The van der Waals surface area contributed by atoms with Crippen LogP contribution < -0.4 is 5.32 Å². The number of carbonyl (C=O) groups is 2. The molecule has 2 aliphatic heterocycles. The number of nitro benzene ring substituents is 1. The molecular formula is C23H24N4O4. The predicted molar refractivity (Wildman–Crippen MR) is 115 cm³/mol. The van der Waals surface area contributed by atoms with Gasteiger partial charge in [-0.05, 0) is 48.4 Å². The second-order valence-electron chi connectivity index (χ2n) is 8.55. The van der Waals surface area contributed by atoms with E-state index in [1.165, 1.54) is 16.5 Å². The average molecular weight is 420 g/mol. The Hall–Kier alpha value is -3.42. The third kappa shape index (κ3) is 3.73. The molecule has 0 bridgehead atoms. The van der Waals surface area contributed by atoms with Crippen LogP contribution in [0, 0.1) is 16.0 Å². The van der Waals surface area contributed by atoms with Crippen molar-refractivity contribution in [3.63, 3.8) is 0 Å². The van der Waals surface area contributed by atoms with Gasteiger partial charge in [0.1, 0.15) is 12.2 Å². The minimum Gasteiger partial charge on any atom is -0.379 e. The van der Waals surface area contributed by atoms with Gasteiger partial charge in [-0.15, -0.1) is 0 Å². The Morgan fingerprint density at radius 1 is 1.19 bits per heavy atom. The molecule has 2 amide bonds. The molecule has 1 unspecified atom stereocenters. The van der Waals surface area contributed by atoms with E-state index in [0.29, 0.717) is 31.2 Å². The van der Waals surface area contributed by atoms with Crippen molar-refractivity contribution in [2.45, 2.75) is 25.3 Å². The first-order valence-electron chi connectivity index (χ1n) is 10.7. The van der Waals surface area contributed by atoms with Gasteiger partial charge in [0.05, 0.1) is 11.0 Å². The average Bonchev–Trinajstić information content (AvgIpc) is 3.61. The first kappa shape index (κ1) is 19.5. The van der Waals surface area contributed by atoms with E-state index < -0.39 is 4.92 Å². The third-order valence-electron chi connectivity index (χ3n) is 6.46. The van der Waals surface area contributed by atoms with Crippen LogP contribution in [0.15, 0.2) is 42.5 Å². The fourth-order valence-corrected chi connectivity index (χ4v) is 4.55. The normalized spacial score (nSPS) is 20.1. The second-order valence-corrected chi connectivity index (χ2v) is 8.55. The summed E-state index contributed by atoms with van der Waals surface area (Å²) < 4.78 is 0. The van der Waals surface area contributed by atoms with E-state index in [1.54, 1.807) is 12.1 Å². The first-order valence-corrected chi connectivity index (χ1v) is 10.7. The number of amides is 2. The number of fused-ring (bicyclic) bond motifs is 3. The van der Waals surface area contributed by atoms with E-state index in [2.05, 4.69) is 11.4 Å². The van der Waals surface area contributed by atoms with Crippen LogP contribution in [-0.4, -0.2) is 52.7 Å². The number of carbonyl (C=O) groups excluding carboxylic acids is 2. The summed E-state index contributed by atoms with van der Waals surface area (Å²) in [5.74, 6) is 0.130. The highest BCUT2D eigenvalue weighted by Crippen LogP contribution is 2.35. The van der Waals surface area contributed by atoms with Gasteiger partial charge in [-0.3, -0.25) is 19.7 Å². The number of benzene rings is 2. The van der Waals surface area contributed by atoms with Crippen molar-refractivity contribution in [1.29, 1.82) is 0 Å². The number of rotatable bonds is 5. The van der Waals surface area contributed by atoms with Gasteiger partial charge >= 0.3 is 0 Å². The van der Waals surface area contributed by atoms with Crippen molar-refractivity contribution >= 4 is 23.2 Å². The summed E-state index contributed by atoms with van der Waals surface area (Å²) in [6.07, 6.45) is 3.09. The maximum absolute atomic E-state index is 13.2. The molecule has 2 aromatic carbocycles. The van der Waals surface area contributed by atoms with Crippen molar-refractivity contribution in [3.8, 4) is 0 Å². The summed E-state index contributed by atoms with van der Waals surface area (Å²) in [7, 11) is 0. The fraction of sp³-hybridized carbons (Fsp3) is 0.391. The maximum atomic E-state index is 13.2.